The zero-order chi connectivity index (χ0) is 14.7. The van der Waals surface area contributed by atoms with Crippen molar-refractivity contribution < 1.29 is 9.18 Å². The number of amides is 1. The summed E-state index contributed by atoms with van der Waals surface area (Å²) in [6, 6.07) is 10.7. The number of likely N-dealkylation sites (tertiary alicyclic amines) is 1. The van der Waals surface area contributed by atoms with Crippen LogP contribution in [-0.2, 0) is 4.79 Å². The molecule has 3 nitrogen and oxygen atoms in total. The van der Waals surface area contributed by atoms with Crippen molar-refractivity contribution in [2.75, 3.05) is 18.4 Å². The third-order valence-corrected chi connectivity index (χ3v) is 4.72. The van der Waals surface area contributed by atoms with Crippen LogP contribution < -0.4 is 5.32 Å². The Hall–Kier alpha value is -1.88. The predicted octanol–water partition coefficient (Wildman–Crippen LogP) is 3.66. The van der Waals surface area contributed by atoms with Gasteiger partial charge in [0, 0.05) is 11.4 Å². The molecule has 2 heterocycles. The standard InChI is InChI=1S/C16H17FN2OS/c17-12-5-1-2-6-13(12)18-11-16(20)19-9-3-7-14(19)15-8-4-10-21-15/h1-2,4-6,8,10,14,18H,3,7,9,11H2. The summed E-state index contributed by atoms with van der Waals surface area (Å²) in [6.07, 6.45) is 2.03. The van der Waals surface area contributed by atoms with E-state index in [1.165, 1.54) is 10.9 Å². The van der Waals surface area contributed by atoms with E-state index < -0.39 is 0 Å². The van der Waals surface area contributed by atoms with Crippen molar-refractivity contribution in [3.63, 3.8) is 0 Å². The molecule has 1 amide bonds. The summed E-state index contributed by atoms with van der Waals surface area (Å²) in [5.74, 6) is -0.310. The number of rotatable bonds is 4. The highest BCUT2D eigenvalue weighted by molar-refractivity contribution is 7.10. The Balaban J connectivity index is 1.64. The lowest BCUT2D eigenvalue weighted by Crippen LogP contribution is -2.34. The van der Waals surface area contributed by atoms with Gasteiger partial charge in [-0.1, -0.05) is 18.2 Å². The summed E-state index contributed by atoms with van der Waals surface area (Å²) in [5.41, 5.74) is 0.373. The van der Waals surface area contributed by atoms with Crippen LogP contribution in [0.4, 0.5) is 10.1 Å². The lowest BCUT2D eigenvalue weighted by molar-refractivity contribution is -0.130. The molecule has 0 aliphatic carbocycles. The molecule has 0 spiro atoms. The van der Waals surface area contributed by atoms with Gasteiger partial charge in [0.05, 0.1) is 18.3 Å². The fourth-order valence-corrected chi connectivity index (χ4v) is 3.59. The van der Waals surface area contributed by atoms with Gasteiger partial charge in [-0.2, -0.15) is 0 Å². The number of thiophene rings is 1. The second-order valence-electron chi connectivity index (χ2n) is 5.09. The van der Waals surface area contributed by atoms with E-state index in [1.807, 2.05) is 16.3 Å². The predicted molar refractivity (Wildman–Crippen MR) is 82.9 cm³/mol. The number of para-hydroxylation sites is 1. The summed E-state index contributed by atoms with van der Waals surface area (Å²) in [7, 11) is 0. The second kappa shape index (κ2) is 6.26. The van der Waals surface area contributed by atoms with Gasteiger partial charge in [-0.3, -0.25) is 4.79 Å². The highest BCUT2D eigenvalue weighted by Gasteiger charge is 2.30. The number of nitrogens with one attached hydrogen (secondary N) is 1. The number of benzene rings is 1. The quantitative estimate of drug-likeness (QED) is 0.935. The van der Waals surface area contributed by atoms with E-state index in [0.29, 0.717) is 5.69 Å². The molecule has 1 aliphatic heterocycles. The molecular formula is C16H17FN2OS. The van der Waals surface area contributed by atoms with Gasteiger partial charge < -0.3 is 10.2 Å². The lowest BCUT2D eigenvalue weighted by atomic mass is 10.2. The van der Waals surface area contributed by atoms with Gasteiger partial charge in [0.1, 0.15) is 5.82 Å². The first kappa shape index (κ1) is 14.1. The minimum Gasteiger partial charge on any atom is -0.374 e. The topological polar surface area (TPSA) is 32.3 Å². The monoisotopic (exact) mass is 304 g/mol. The maximum Gasteiger partial charge on any atom is 0.242 e. The van der Waals surface area contributed by atoms with Crippen molar-refractivity contribution >= 4 is 22.9 Å². The van der Waals surface area contributed by atoms with Gasteiger partial charge in [-0.05, 0) is 36.4 Å². The first-order chi connectivity index (χ1) is 10.3. The molecule has 1 aliphatic rings. The Bertz CT molecular complexity index is 614. The number of carbonyl (C=O) groups is 1. The molecule has 110 valence electrons. The molecule has 1 saturated heterocycles. The Labute approximate surface area is 127 Å². The molecule has 1 N–H and O–H groups in total. The van der Waals surface area contributed by atoms with Crippen LogP contribution >= 0.6 is 11.3 Å². The summed E-state index contributed by atoms with van der Waals surface area (Å²) in [5, 5.41) is 4.93. The van der Waals surface area contributed by atoms with Gasteiger partial charge in [-0.25, -0.2) is 4.39 Å². The number of halogens is 1. The van der Waals surface area contributed by atoms with E-state index >= 15 is 0 Å². The van der Waals surface area contributed by atoms with Crippen LogP contribution in [0.5, 0.6) is 0 Å². The summed E-state index contributed by atoms with van der Waals surface area (Å²) in [6.45, 7) is 0.906. The van der Waals surface area contributed by atoms with E-state index in [2.05, 4.69) is 11.4 Å². The number of anilines is 1. The fourth-order valence-electron chi connectivity index (χ4n) is 2.72. The smallest absolute Gasteiger partial charge is 0.242 e. The third-order valence-electron chi connectivity index (χ3n) is 3.75. The molecule has 21 heavy (non-hydrogen) atoms. The van der Waals surface area contributed by atoms with Crippen molar-refractivity contribution in [2.45, 2.75) is 18.9 Å². The molecule has 3 rings (SSSR count). The molecule has 5 heteroatoms. The average molecular weight is 304 g/mol. The Morgan fingerprint density at radius 3 is 2.95 bits per heavy atom. The van der Waals surface area contributed by atoms with Crippen LogP contribution in [0.2, 0.25) is 0 Å². The molecule has 0 saturated carbocycles. The molecule has 1 aromatic heterocycles. The van der Waals surface area contributed by atoms with Gasteiger partial charge >= 0.3 is 0 Å². The van der Waals surface area contributed by atoms with Crippen LogP contribution in [0, 0.1) is 5.82 Å². The SMILES string of the molecule is O=C(CNc1ccccc1F)N1CCCC1c1cccs1. The van der Waals surface area contributed by atoms with Gasteiger partial charge in [-0.15, -0.1) is 11.3 Å². The molecule has 1 aromatic carbocycles. The molecule has 1 fully saturated rings. The van der Waals surface area contributed by atoms with E-state index in [0.717, 1.165) is 19.4 Å². The van der Waals surface area contributed by atoms with Crippen molar-refractivity contribution in [1.29, 1.82) is 0 Å². The Kier molecular flexibility index (Phi) is 4.20. The lowest BCUT2D eigenvalue weighted by Gasteiger charge is -2.24. The molecule has 1 unspecified atom stereocenters. The van der Waals surface area contributed by atoms with Gasteiger partial charge in [0.15, 0.2) is 0 Å². The highest BCUT2D eigenvalue weighted by atomic mass is 32.1. The minimum absolute atomic E-state index is 0.0224. The first-order valence-corrected chi connectivity index (χ1v) is 7.95. The summed E-state index contributed by atoms with van der Waals surface area (Å²) in [4.78, 5) is 15.5. The third kappa shape index (κ3) is 3.08. The van der Waals surface area contributed by atoms with Crippen LogP contribution in [0.15, 0.2) is 41.8 Å². The molecule has 2 aromatic rings. The molecule has 0 radical (unpaired) electrons. The van der Waals surface area contributed by atoms with E-state index in [1.54, 1.807) is 29.5 Å². The van der Waals surface area contributed by atoms with Crippen LogP contribution in [-0.4, -0.2) is 23.9 Å². The van der Waals surface area contributed by atoms with Crippen molar-refractivity contribution in [3.05, 3.63) is 52.5 Å². The Morgan fingerprint density at radius 2 is 2.19 bits per heavy atom. The summed E-state index contributed by atoms with van der Waals surface area (Å²) >= 11 is 1.68. The largest absolute Gasteiger partial charge is 0.374 e. The molecule has 1 atom stereocenters. The van der Waals surface area contributed by atoms with E-state index in [-0.39, 0.29) is 24.3 Å². The number of carbonyl (C=O) groups excluding carboxylic acids is 1. The fraction of sp³-hybridized carbons (Fsp3) is 0.312. The van der Waals surface area contributed by atoms with E-state index in [9.17, 15) is 9.18 Å². The van der Waals surface area contributed by atoms with Gasteiger partial charge in [0.2, 0.25) is 5.91 Å². The Morgan fingerprint density at radius 1 is 1.33 bits per heavy atom. The molecular weight excluding hydrogens is 287 g/mol. The number of hydrogen-bond donors (Lipinski definition) is 1. The highest BCUT2D eigenvalue weighted by Crippen LogP contribution is 2.34. The minimum atomic E-state index is -0.332. The van der Waals surface area contributed by atoms with Crippen molar-refractivity contribution in [1.82, 2.24) is 4.90 Å². The van der Waals surface area contributed by atoms with Gasteiger partial charge in [0.25, 0.3) is 0 Å². The maximum absolute atomic E-state index is 13.5. The van der Waals surface area contributed by atoms with Crippen LogP contribution in [0.3, 0.4) is 0 Å². The first-order valence-electron chi connectivity index (χ1n) is 7.07. The van der Waals surface area contributed by atoms with Crippen LogP contribution in [0.25, 0.3) is 0 Å². The second-order valence-corrected chi connectivity index (χ2v) is 6.07. The van der Waals surface area contributed by atoms with Crippen molar-refractivity contribution in [2.24, 2.45) is 0 Å². The van der Waals surface area contributed by atoms with Crippen molar-refractivity contribution in [3.8, 4) is 0 Å². The number of nitrogens with zero attached hydrogens (tertiary/aromatic N) is 1. The summed E-state index contributed by atoms with van der Waals surface area (Å²) < 4.78 is 13.5. The van der Waals surface area contributed by atoms with E-state index in [4.69, 9.17) is 0 Å². The number of hydrogen-bond acceptors (Lipinski definition) is 3. The maximum atomic E-state index is 13.5. The normalized spacial score (nSPS) is 18.0. The average Bonchev–Trinajstić information content (AvgIpc) is 3.16. The zero-order valence-corrected chi connectivity index (χ0v) is 12.4. The zero-order valence-electron chi connectivity index (χ0n) is 11.6. The molecule has 0 bridgehead atoms. The van der Waals surface area contributed by atoms with Crippen LogP contribution in [0.1, 0.15) is 23.8 Å².